The average molecular weight is 447 g/mol. The maximum atomic E-state index is 13.1. The van der Waals surface area contributed by atoms with E-state index in [2.05, 4.69) is 4.98 Å². The van der Waals surface area contributed by atoms with E-state index in [1.807, 2.05) is 43.7 Å². The summed E-state index contributed by atoms with van der Waals surface area (Å²) in [6.07, 6.45) is 3.91. The van der Waals surface area contributed by atoms with Gasteiger partial charge in [0, 0.05) is 38.6 Å². The number of rotatable bonds is 5. The van der Waals surface area contributed by atoms with Crippen molar-refractivity contribution in [1.82, 2.24) is 18.8 Å². The molecule has 2 aliphatic heterocycles. The lowest BCUT2D eigenvalue weighted by Crippen LogP contribution is -2.55. The third-order valence-electron chi connectivity index (χ3n) is 6.39. The van der Waals surface area contributed by atoms with Gasteiger partial charge in [0.25, 0.3) is 5.91 Å². The summed E-state index contributed by atoms with van der Waals surface area (Å²) in [5, 5.41) is 0. The number of ether oxygens (including phenoxy) is 1. The molecular formula is C22H30N4O4S. The molecule has 0 radical (unpaired) electrons. The molecule has 1 saturated heterocycles. The van der Waals surface area contributed by atoms with Gasteiger partial charge in [-0.3, -0.25) is 4.79 Å². The highest BCUT2D eigenvalue weighted by atomic mass is 32.2. The molecule has 8 nitrogen and oxygen atoms in total. The molecule has 1 unspecified atom stereocenters. The molecule has 0 saturated carbocycles. The first-order valence-electron chi connectivity index (χ1n) is 10.9. The standard InChI is InChI=1S/C22H30N4O4S/c1-4-24(5-2)20(27)19-16-25-15-12-23-21(25)22(30-19)10-13-26(14-11-22)31(28,29)18-8-6-17(3)7-9-18/h6-9,12,15,19H,4-5,10-11,13-14,16H2,1-3H3. The third kappa shape index (κ3) is 3.90. The minimum absolute atomic E-state index is 0.0292. The number of fused-ring (bicyclic) bond motifs is 2. The Balaban J connectivity index is 1.56. The number of aromatic nitrogens is 2. The van der Waals surface area contributed by atoms with Gasteiger partial charge in [-0.1, -0.05) is 17.7 Å². The molecule has 1 amide bonds. The third-order valence-corrected chi connectivity index (χ3v) is 8.31. The second kappa shape index (κ2) is 8.37. The fourth-order valence-corrected chi connectivity index (χ4v) is 5.99. The lowest BCUT2D eigenvalue weighted by molar-refractivity contribution is -0.178. The molecule has 31 heavy (non-hydrogen) atoms. The lowest BCUT2D eigenvalue weighted by atomic mass is 9.89. The number of aryl methyl sites for hydroxylation is 1. The quantitative estimate of drug-likeness (QED) is 0.703. The van der Waals surface area contributed by atoms with Crippen molar-refractivity contribution < 1.29 is 17.9 Å². The van der Waals surface area contributed by atoms with Crippen LogP contribution in [0.3, 0.4) is 0 Å². The Morgan fingerprint density at radius 3 is 2.45 bits per heavy atom. The molecule has 4 rings (SSSR count). The topological polar surface area (TPSA) is 84.7 Å². The van der Waals surface area contributed by atoms with Crippen molar-refractivity contribution in [1.29, 1.82) is 0 Å². The zero-order valence-corrected chi connectivity index (χ0v) is 19.1. The second-order valence-electron chi connectivity index (χ2n) is 8.23. The second-order valence-corrected chi connectivity index (χ2v) is 10.2. The zero-order chi connectivity index (χ0) is 22.2. The normalized spacial score (nSPS) is 21.1. The fraction of sp³-hybridized carbons (Fsp3) is 0.545. The van der Waals surface area contributed by atoms with Crippen LogP contribution in [0.15, 0.2) is 41.6 Å². The summed E-state index contributed by atoms with van der Waals surface area (Å²) in [4.78, 5) is 19.6. The van der Waals surface area contributed by atoms with Crippen LogP contribution in [-0.4, -0.2) is 65.4 Å². The Labute approximate surface area is 183 Å². The first-order valence-corrected chi connectivity index (χ1v) is 12.3. The van der Waals surface area contributed by atoms with E-state index in [9.17, 15) is 13.2 Å². The van der Waals surface area contributed by atoms with Gasteiger partial charge in [-0.05, 0) is 45.7 Å². The number of sulfonamides is 1. The number of hydrogen-bond donors (Lipinski definition) is 0. The minimum atomic E-state index is -3.57. The maximum Gasteiger partial charge on any atom is 0.253 e. The highest BCUT2D eigenvalue weighted by Gasteiger charge is 2.49. The number of nitrogens with zero attached hydrogens (tertiary/aromatic N) is 4. The number of benzene rings is 1. The Bertz CT molecular complexity index is 1040. The van der Waals surface area contributed by atoms with E-state index in [0.29, 0.717) is 50.5 Å². The SMILES string of the molecule is CCN(CC)C(=O)C1Cn2ccnc2C2(CCN(S(=O)(=O)c3ccc(C)cc3)CC2)O1. The van der Waals surface area contributed by atoms with E-state index >= 15 is 0 Å². The van der Waals surface area contributed by atoms with Crippen LogP contribution in [0, 0.1) is 6.92 Å². The van der Waals surface area contributed by atoms with Crippen molar-refractivity contribution in [2.45, 2.75) is 56.8 Å². The number of piperidine rings is 1. The first kappa shape index (κ1) is 22.0. The Kier molecular flexibility index (Phi) is 5.93. The van der Waals surface area contributed by atoms with Crippen LogP contribution in [0.2, 0.25) is 0 Å². The first-order chi connectivity index (χ1) is 14.8. The van der Waals surface area contributed by atoms with Gasteiger partial charge in [0.05, 0.1) is 11.4 Å². The smallest absolute Gasteiger partial charge is 0.253 e. The van der Waals surface area contributed by atoms with Crippen molar-refractivity contribution in [3.05, 3.63) is 48.0 Å². The number of carbonyl (C=O) groups excluding carboxylic acids is 1. The van der Waals surface area contributed by atoms with Crippen LogP contribution in [0.25, 0.3) is 0 Å². The van der Waals surface area contributed by atoms with Gasteiger partial charge in [-0.2, -0.15) is 4.31 Å². The van der Waals surface area contributed by atoms with Gasteiger partial charge < -0.3 is 14.2 Å². The van der Waals surface area contributed by atoms with Crippen molar-refractivity contribution in [3.8, 4) is 0 Å². The summed E-state index contributed by atoms with van der Waals surface area (Å²) >= 11 is 0. The van der Waals surface area contributed by atoms with Gasteiger partial charge in [0.15, 0.2) is 6.10 Å². The van der Waals surface area contributed by atoms with Gasteiger partial charge in [0.2, 0.25) is 10.0 Å². The molecule has 2 aliphatic rings. The van der Waals surface area contributed by atoms with Crippen LogP contribution < -0.4 is 0 Å². The summed E-state index contributed by atoms with van der Waals surface area (Å²) < 4.78 is 36.1. The van der Waals surface area contributed by atoms with Gasteiger partial charge in [0.1, 0.15) is 11.4 Å². The number of likely N-dealkylation sites (N-methyl/N-ethyl adjacent to an activating group) is 1. The number of amides is 1. The summed E-state index contributed by atoms with van der Waals surface area (Å²) in [6, 6.07) is 6.92. The zero-order valence-electron chi connectivity index (χ0n) is 18.3. The number of carbonyl (C=O) groups is 1. The van der Waals surface area contributed by atoms with Crippen LogP contribution in [0.5, 0.6) is 0 Å². The Morgan fingerprint density at radius 1 is 1.19 bits per heavy atom. The van der Waals surface area contributed by atoms with Crippen molar-refractivity contribution >= 4 is 15.9 Å². The molecule has 1 aromatic carbocycles. The lowest BCUT2D eigenvalue weighted by Gasteiger charge is -2.45. The summed E-state index contributed by atoms with van der Waals surface area (Å²) in [7, 11) is -3.57. The molecule has 1 spiro atoms. The van der Waals surface area contributed by atoms with Crippen molar-refractivity contribution in [3.63, 3.8) is 0 Å². The van der Waals surface area contributed by atoms with Crippen LogP contribution >= 0.6 is 0 Å². The molecule has 1 atom stereocenters. The molecule has 9 heteroatoms. The van der Waals surface area contributed by atoms with E-state index in [0.717, 1.165) is 11.4 Å². The Morgan fingerprint density at radius 2 is 1.84 bits per heavy atom. The van der Waals surface area contributed by atoms with E-state index in [4.69, 9.17) is 4.74 Å². The maximum absolute atomic E-state index is 13.1. The minimum Gasteiger partial charge on any atom is -0.352 e. The number of imidazole rings is 1. The fourth-order valence-electron chi connectivity index (χ4n) is 4.55. The van der Waals surface area contributed by atoms with Gasteiger partial charge in [-0.25, -0.2) is 13.4 Å². The molecule has 0 bridgehead atoms. The van der Waals surface area contributed by atoms with Crippen molar-refractivity contribution in [2.75, 3.05) is 26.2 Å². The monoisotopic (exact) mass is 446 g/mol. The summed E-state index contributed by atoms with van der Waals surface area (Å²) in [6.45, 7) is 8.15. The number of hydrogen-bond acceptors (Lipinski definition) is 5. The molecule has 0 N–H and O–H groups in total. The molecule has 168 valence electrons. The molecule has 2 aromatic rings. The van der Waals surface area contributed by atoms with E-state index in [1.165, 1.54) is 4.31 Å². The van der Waals surface area contributed by atoms with E-state index in [1.54, 1.807) is 23.2 Å². The molecule has 3 heterocycles. The molecule has 1 aromatic heterocycles. The predicted molar refractivity (Wildman–Crippen MR) is 116 cm³/mol. The summed E-state index contributed by atoms with van der Waals surface area (Å²) in [5.41, 5.74) is 0.261. The average Bonchev–Trinajstić information content (AvgIpc) is 3.25. The van der Waals surface area contributed by atoms with Gasteiger partial charge in [-0.15, -0.1) is 0 Å². The largest absolute Gasteiger partial charge is 0.352 e. The highest BCUT2D eigenvalue weighted by Crippen LogP contribution is 2.41. The van der Waals surface area contributed by atoms with Gasteiger partial charge >= 0.3 is 0 Å². The molecule has 1 fully saturated rings. The van der Waals surface area contributed by atoms with E-state index in [-0.39, 0.29) is 5.91 Å². The Hall–Kier alpha value is -2.23. The van der Waals surface area contributed by atoms with E-state index < -0.39 is 21.7 Å². The van der Waals surface area contributed by atoms with Crippen LogP contribution in [-0.2, 0) is 31.7 Å². The van der Waals surface area contributed by atoms with Crippen molar-refractivity contribution in [2.24, 2.45) is 0 Å². The molecule has 0 aliphatic carbocycles. The molecular weight excluding hydrogens is 416 g/mol. The van der Waals surface area contributed by atoms with Crippen LogP contribution in [0.4, 0.5) is 0 Å². The summed E-state index contributed by atoms with van der Waals surface area (Å²) in [5.74, 6) is 0.752. The highest BCUT2D eigenvalue weighted by molar-refractivity contribution is 7.89. The predicted octanol–water partition coefficient (Wildman–Crippen LogP) is 2.14. The van der Waals surface area contributed by atoms with Crippen LogP contribution in [0.1, 0.15) is 38.1 Å².